The van der Waals surface area contributed by atoms with E-state index in [0.29, 0.717) is 10.3 Å². The molecule has 0 aromatic heterocycles. The van der Waals surface area contributed by atoms with Crippen LogP contribution < -0.4 is 5.30 Å². The fraction of sp³-hybridized carbons (Fsp3) is 0.667. The maximum absolute atomic E-state index is 9.75. The molecule has 1 aromatic carbocycles. The van der Waals surface area contributed by atoms with E-state index in [1.807, 2.05) is 0 Å². The Balaban J connectivity index is 0.000000922. The van der Waals surface area contributed by atoms with Crippen molar-refractivity contribution in [2.45, 2.75) is 78.5 Å². The minimum atomic E-state index is -6.00. The molecule has 0 aliphatic carbocycles. The SMILES string of the molecule is CCc1cc(CC)cc([PH+](C(C)(C)C)C(C)(C)C)c1.F[B-](F)(F)F. The van der Waals surface area contributed by atoms with Crippen LogP contribution in [0.1, 0.15) is 66.5 Å². The first-order valence-corrected chi connectivity index (χ1v) is 9.98. The fourth-order valence-electron chi connectivity index (χ4n) is 3.31. The van der Waals surface area contributed by atoms with Crippen molar-refractivity contribution in [3.05, 3.63) is 29.3 Å². The van der Waals surface area contributed by atoms with Gasteiger partial charge in [0.15, 0.2) is 0 Å². The maximum Gasteiger partial charge on any atom is 0.673 e. The molecular weight excluding hydrogens is 334 g/mol. The minimum Gasteiger partial charge on any atom is -0.418 e. The summed E-state index contributed by atoms with van der Waals surface area (Å²) in [5, 5.41) is 2.40. The van der Waals surface area contributed by atoms with Gasteiger partial charge in [0.25, 0.3) is 0 Å². The van der Waals surface area contributed by atoms with Gasteiger partial charge in [0.1, 0.15) is 0 Å². The summed E-state index contributed by atoms with van der Waals surface area (Å²) in [7, 11) is -6.62. The minimum absolute atomic E-state index is 0.389. The molecular formula is C18H32BF4P. The van der Waals surface area contributed by atoms with Crippen LogP contribution in [0.4, 0.5) is 17.3 Å². The van der Waals surface area contributed by atoms with Crippen molar-refractivity contribution in [3.8, 4) is 0 Å². The van der Waals surface area contributed by atoms with Crippen LogP contribution in [0.5, 0.6) is 0 Å². The van der Waals surface area contributed by atoms with E-state index in [1.165, 1.54) is 11.1 Å². The van der Waals surface area contributed by atoms with Gasteiger partial charge in [-0.15, -0.1) is 0 Å². The van der Waals surface area contributed by atoms with E-state index in [-0.39, 0.29) is 0 Å². The van der Waals surface area contributed by atoms with Crippen molar-refractivity contribution < 1.29 is 17.3 Å². The van der Waals surface area contributed by atoms with Gasteiger partial charge in [0.2, 0.25) is 0 Å². The summed E-state index contributed by atoms with van der Waals surface area (Å²) in [5.74, 6) is 0. The molecule has 0 spiro atoms. The Hall–Kier alpha value is -0.565. The predicted octanol–water partition coefficient (Wildman–Crippen LogP) is 6.55. The summed E-state index contributed by atoms with van der Waals surface area (Å²) < 4.78 is 39.0. The Bertz CT molecular complexity index is 471. The Labute approximate surface area is 146 Å². The van der Waals surface area contributed by atoms with E-state index in [9.17, 15) is 17.3 Å². The van der Waals surface area contributed by atoms with Gasteiger partial charge in [0.05, 0.1) is 15.6 Å². The molecule has 0 heterocycles. The molecule has 140 valence electrons. The largest absolute Gasteiger partial charge is 0.673 e. The van der Waals surface area contributed by atoms with Gasteiger partial charge in [0, 0.05) is 7.92 Å². The highest BCUT2D eigenvalue weighted by Crippen LogP contribution is 2.58. The third kappa shape index (κ3) is 9.06. The van der Waals surface area contributed by atoms with Crippen LogP contribution in [0.25, 0.3) is 0 Å². The van der Waals surface area contributed by atoms with Crippen molar-refractivity contribution in [2.75, 3.05) is 0 Å². The number of hydrogen-bond acceptors (Lipinski definition) is 0. The van der Waals surface area contributed by atoms with Crippen LogP contribution in [0, 0.1) is 0 Å². The van der Waals surface area contributed by atoms with Crippen molar-refractivity contribution in [1.82, 2.24) is 0 Å². The molecule has 0 unspecified atom stereocenters. The molecule has 0 nitrogen and oxygen atoms in total. The molecule has 0 amide bonds. The first-order valence-electron chi connectivity index (χ1n) is 8.48. The average molecular weight is 366 g/mol. The molecule has 0 radical (unpaired) electrons. The molecule has 0 saturated heterocycles. The number of aryl methyl sites for hydroxylation is 2. The Kier molecular flexibility index (Phi) is 8.49. The van der Waals surface area contributed by atoms with Crippen LogP contribution in [-0.4, -0.2) is 17.6 Å². The maximum atomic E-state index is 9.75. The van der Waals surface area contributed by atoms with Crippen LogP contribution >= 0.6 is 7.92 Å². The number of benzene rings is 1. The topological polar surface area (TPSA) is 0 Å². The highest BCUT2D eigenvalue weighted by molar-refractivity contribution is 7.68. The average Bonchev–Trinajstić information content (AvgIpc) is 2.32. The van der Waals surface area contributed by atoms with E-state index in [0.717, 1.165) is 12.8 Å². The van der Waals surface area contributed by atoms with E-state index in [2.05, 4.69) is 73.6 Å². The summed E-state index contributed by atoms with van der Waals surface area (Å²) in [4.78, 5) is 0. The third-order valence-corrected chi connectivity index (χ3v) is 7.52. The second kappa shape index (κ2) is 8.69. The summed E-state index contributed by atoms with van der Waals surface area (Å²) in [5.41, 5.74) is 3.01. The van der Waals surface area contributed by atoms with Gasteiger partial charge in [-0.2, -0.15) is 0 Å². The predicted molar refractivity (Wildman–Crippen MR) is 103 cm³/mol. The summed E-state index contributed by atoms with van der Waals surface area (Å²) in [6.45, 7) is 19.0. The lowest BCUT2D eigenvalue weighted by Crippen LogP contribution is -2.31. The van der Waals surface area contributed by atoms with E-state index >= 15 is 0 Å². The summed E-state index contributed by atoms with van der Waals surface area (Å²) >= 11 is 0. The lowest BCUT2D eigenvalue weighted by Gasteiger charge is -2.34. The Morgan fingerprint density at radius 3 is 1.25 bits per heavy atom. The summed E-state index contributed by atoms with van der Waals surface area (Å²) in [6.07, 6.45) is 2.29. The zero-order chi connectivity index (χ0) is 19.3. The second-order valence-corrected chi connectivity index (χ2v) is 12.4. The Morgan fingerprint density at radius 1 is 0.750 bits per heavy atom. The van der Waals surface area contributed by atoms with Crippen molar-refractivity contribution in [2.24, 2.45) is 0 Å². The van der Waals surface area contributed by atoms with Crippen LogP contribution in [-0.2, 0) is 12.8 Å². The number of halogens is 4. The smallest absolute Gasteiger partial charge is 0.418 e. The lowest BCUT2D eigenvalue weighted by atomic mass is 10.1. The molecule has 0 N–H and O–H groups in total. The van der Waals surface area contributed by atoms with Crippen LogP contribution in [0.15, 0.2) is 18.2 Å². The molecule has 0 atom stereocenters. The molecule has 0 aliphatic heterocycles. The van der Waals surface area contributed by atoms with Gasteiger partial charge in [-0.25, -0.2) is 0 Å². The van der Waals surface area contributed by atoms with E-state index < -0.39 is 15.2 Å². The molecule has 0 bridgehead atoms. The van der Waals surface area contributed by atoms with Crippen LogP contribution in [0.3, 0.4) is 0 Å². The number of hydrogen-bond donors (Lipinski definition) is 0. The fourth-order valence-corrected chi connectivity index (χ4v) is 7.95. The monoisotopic (exact) mass is 366 g/mol. The first kappa shape index (κ1) is 23.4. The van der Waals surface area contributed by atoms with Gasteiger partial charge in [-0.1, -0.05) is 19.9 Å². The normalized spacial score (nSPS) is 12.9. The molecule has 0 saturated carbocycles. The van der Waals surface area contributed by atoms with Gasteiger partial charge in [-0.3, -0.25) is 0 Å². The number of rotatable bonds is 3. The van der Waals surface area contributed by atoms with Crippen molar-refractivity contribution in [3.63, 3.8) is 0 Å². The van der Waals surface area contributed by atoms with Gasteiger partial charge >= 0.3 is 7.25 Å². The zero-order valence-electron chi connectivity index (χ0n) is 16.2. The van der Waals surface area contributed by atoms with Gasteiger partial charge in [-0.05, 0) is 77.6 Å². The van der Waals surface area contributed by atoms with Crippen molar-refractivity contribution in [1.29, 1.82) is 0 Å². The quantitative estimate of drug-likeness (QED) is 0.323. The molecule has 0 fully saturated rings. The highest BCUT2D eigenvalue weighted by atomic mass is 31.1. The molecule has 1 aromatic rings. The van der Waals surface area contributed by atoms with E-state index in [1.54, 1.807) is 5.30 Å². The Morgan fingerprint density at radius 2 is 1.04 bits per heavy atom. The van der Waals surface area contributed by atoms with Crippen LogP contribution in [0.2, 0.25) is 0 Å². The molecule has 1 rings (SSSR count). The molecule has 24 heavy (non-hydrogen) atoms. The lowest BCUT2D eigenvalue weighted by molar-refractivity contribution is 0.368. The second-order valence-electron chi connectivity index (χ2n) is 8.12. The molecule has 6 heteroatoms. The standard InChI is InChI=1S/C18H31P.BF4/c1-9-14-11-15(10-2)13-16(12-14)19(17(3,4)5)18(6,7)8;2-1(3,4)5/h11-13H,9-10H2,1-8H3;/q;-1/p+1. The first-order chi connectivity index (χ1) is 10.6. The zero-order valence-corrected chi connectivity index (χ0v) is 17.2. The van der Waals surface area contributed by atoms with Crippen molar-refractivity contribution >= 4 is 20.5 Å². The third-order valence-electron chi connectivity index (χ3n) is 3.66. The molecule has 0 aliphatic rings. The van der Waals surface area contributed by atoms with E-state index in [4.69, 9.17) is 0 Å². The van der Waals surface area contributed by atoms with Gasteiger partial charge < -0.3 is 17.3 Å². The highest BCUT2D eigenvalue weighted by Gasteiger charge is 2.43. The summed E-state index contributed by atoms with van der Waals surface area (Å²) in [6, 6.07) is 7.34.